The molecule has 0 aliphatic carbocycles. The zero-order chi connectivity index (χ0) is 35.3. The number of aromatic amines is 2. The van der Waals surface area contributed by atoms with Crippen LogP contribution < -0.4 is 16.0 Å². The Morgan fingerprint density at radius 3 is 1.63 bits per heavy atom. The lowest BCUT2D eigenvalue weighted by Gasteiger charge is -2.33. The second-order valence-electron chi connectivity index (χ2n) is 12.1. The number of nitrogens with zero attached hydrogens (tertiary/aromatic N) is 5. The van der Waals surface area contributed by atoms with Gasteiger partial charge in [0.15, 0.2) is 0 Å². The minimum atomic E-state index is -0.435. The number of halogens is 3. The quantitative estimate of drug-likeness (QED) is 0.0915. The van der Waals surface area contributed by atoms with Crippen molar-refractivity contribution in [3.05, 3.63) is 66.2 Å². The number of carbonyl (C=O) groups excluding carboxylic acids is 2. The normalized spacial score (nSPS) is 15.0. The second-order valence-corrected chi connectivity index (χ2v) is 16.1. The number of thiophene rings is 2. The fraction of sp³-hybridized carbons (Fsp3) is 0.500. The number of hydrogen-bond acceptors (Lipinski definition) is 9. The summed E-state index contributed by atoms with van der Waals surface area (Å²) < 4.78 is 1.63. The first kappa shape index (κ1) is 38.8. The van der Waals surface area contributed by atoms with Crippen molar-refractivity contribution in [2.75, 3.05) is 65.0 Å². The SMILES string of the molecule is CN(C)C(=O)Cl.CN(C)C(=O)N1CCC(c2cc(NCc3ccc(Cl)s3)n[nH]2)CC1.Clc1ccc(CNc2cc(C3CCNCC3)[nH]n2)s1. The van der Waals surface area contributed by atoms with Crippen LogP contribution in [0, 0.1) is 0 Å². The molecule has 12 nitrogen and oxygen atoms in total. The van der Waals surface area contributed by atoms with Crippen LogP contribution >= 0.6 is 57.5 Å². The molecule has 4 aromatic heterocycles. The molecule has 17 heteroatoms. The first-order valence-electron chi connectivity index (χ1n) is 16.1. The minimum Gasteiger partial charge on any atom is -0.364 e. The molecule has 3 amide bonds. The lowest BCUT2D eigenvalue weighted by molar-refractivity contribution is 0.156. The number of hydrogen-bond donors (Lipinski definition) is 5. The van der Waals surface area contributed by atoms with Gasteiger partial charge in [0.1, 0.15) is 11.6 Å². The summed E-state index contributed by atoms with van der Waals surface area (Å²) in [5.41, 5.74) is 2.38. The van der Waals surface area contributed by atoms with E-state index >= 15 is 0 Å². The summed E-state index contributed by atoms with van der Waals surface area (Å²) in [6.07, 6.45) is 4.29. The third kappa shape index (κ3) is 12.7. The summed E-state index contributed by atoms with van der Waals surface area (Å²) >= 11 is 19.9. The fourth-order valence-electron chi connectivity index (χ4n) is 5.32. The Hall–Kier alpha value is -3.01. The van der Waals surface area contributed by atoms with E-state index in [-0.39, 0.29) is 6.03 Å². The van der Waals surface area contributed by atoms with Crippen LogP contribution in [0.15, 0.2) is 36.4 Å². The number of likely N-dealkylation sites (tertiary alicyclic amines) is 1. The Balaban J connectivity index is 0.000000193. The van der Waals surface area contributed by atoms with Gasteiger partial charge in [-0.25, -0.2) is 4.79 Å². The maximum Gasteiger partial charge on any atom is 0.319 e. The van der Waals surface area contributed by atoms with E-state index in [2.05, 4.69) is 48.5 Å². The van der Waals surface area contributed by atoms with E-state index in [1.807, 2.05) is 29.2 Å². The van der Waals surface area contributed by atoms with Crippen LogP contribution in [0.3, 0.4) is 0 Å². The van der Waals surface area contributed by atoms with Crippen molar-refractivity contribution < 1.29 is 9.59 Å². The molecule has 2 aliphatic rings. The van der Waals surface area contributed by atoms with Crippen LogP contribution in [0.25, 0.3) is 0 Å². The van der Waals surface area contributed by atoms with Crippen molar-refractivity contribution in [2.45, 2.75) is 50.6 Å². The number of nitrogens with one attached hydrogen (secondary N) is 5. The number of urea groups is 1. The lowest BCUT2D eigenvalue weighted by Crippen LogP contribution is -2.43. The number of anilines is 2. The number of H-pyrrole nitrogens is 2. The van der Waals surface area contributed by atoms with Crippen LogP contribution in [0.4, 0.5) is 21.2 Å². The Labute approximate surface area is 310 Å². The maximum atomic E-state index is 12.0. The van der Waals surface area contributed by atoms with Gasteiger partial charge in [-0.2, -0.15) is 10.2 Å². The van der Waals surface area contributed by atoms with Crippen LogP contribution in [0.2, 0.25) is 8.67 Å². The van der Waals surface area contributed by atoms with Gasteiger partial charge in [-0.3, -0.25) is 15.0 Å². The highest BCUT2D eigenvalue weighted by Crippen LogP contribution is 2.29. The molecule has 0 saturated carbocycles. The Kier molecular flexibility index (Phi) is 15.4. The van der Waals surface area contributed by atoms with E-state index in [1.54, 1.807) is 55.8 Å². The summed E-state index contributed by atoms with van der Waals surface area (Å²) in [4.78, 5) is 29.1. The van der Waals surface area contributed by atoms with Gasteiger partial charge in [0.2, 0.25) is 0 Å². The van der Waals surface area contributed by atoms with Crippen LogP contribution in [-0.4, -0.2) is 101 Å². The van der Waals surface area contributed by atoms with Crippen molar-refractivity contribution in [1.29, 1.82) is 0 Å². The second kappa shape index (κ2) is 19.4. The predicted molar refractivity (Wildman–Crippen MR) is 203 cm³/mol. The smallest absolute Gasteiger partial charge is 0.319 e. The minimum absolute atomic E-state index is 0.0926. The molecular formula is C32H45Cl3N10O2S2. The van der Waals surface area contributed by atoms with Crippen LogP contribution in [-0.2, 0) is 13.1 Å². The molecular weight excluding hydrogens is 727 g/mol. The standard InChI is InChI=1S/C16H22ClN5OS.C13H17ClN4S.C3H6ClNO/c1-21(2)16(23)22-7-5-11(6-8-22)13-9-15(20-19-13)18-10-12-3-4-14(17)24-12;14-12-2-1-10(19-12)8-16-13-7-11(17-18-13)9-3-5-15-6-4-9;1-5(2)3(4)6/h3-4,9,11H,5-8,10H2,1-2H3,(H2,18,19,20);1-2,7,9,15H,3-6,8H2,(H2,16,17,18);1-2H3. The fourth-order valence-corrected chi connectivity index (χ4v) is 7.37. The average molecular weight is 772 g/mol. The van der Waals surface area contributed by atoms with E-state index in [9.17, 15) is 9.59 Å². The summed E-state index contributed by atoms with van der Waals surface area (Å²) in [6, 6.07) is 12.2. The molecule has 0 atom stereocenters. The highest BCUT2D eigenvalue weighted by Gasteiger charge is 2.26. The largest absolute Gasteiger partial charge is 0.364 e. The van der Waals surface area contributed by atoms with Crippen molar-refractivity contribution in [3.63, 3.8) is 0 Å². The van der Waals surface area contributed by atoms with Gasteiger partial charge in [0, 0.05) is 86.4 Å². The summed E-state index contributed by atoms with van der Waals surface area (Å²) in [7, 11) is 6.77. The molecule has 0 bridgehead atoms. The molecule has 0 radical (unpaired) electrons. The van der Waals surface area contributed by atoms with Crippen molar-refractivity contribution >= 4 is 80.5 Å². The maximum absolute atomic E-state index is 12.0. The van der Waals surface area contributed by atoms with Gasteiger partial charge in [0.05, 0.1) is 21.8 Å². The molecule has 2 saturated heterocycles. The zero-order valence-electron chi connectivity index (χ0n) is 28.2. The molecule has 5 N–H and O–H groups in total. The predicted octanol–water partition coefficient (Wildman–Crippen LogP) is 7.71. The van der Waals surface area contributed by atoms with Crippen LogP contribution in [0.1, 0.15) is 58.7 Å². The van der Waals surface area contributed by atoms with Crippen molar-refractivity contribution in [1.82, 2.24) is 40.4 Å². The molecule has 6 rings (SSSR count). The third-order valence-corrected chi connectivity index (χ3v) is 10.9. The number of piperidine rings is 2. The van der Waals surface area contributed by atoms with Gasteiger partial charge >= 0.3 is 11.4 Å². The molecule has 6 heterocycles. The molecule has 0 spiro atoms. The van der Waals surface area contributed by atoms with Gasteiger partial charge in [-0.1, -0.05) is 23.2 Å². The van der Waals surface area contributed by atoms with E-state index in [4.69, 9.17) is 34.8 Å². The number of amides is 3. The Bertz CT molecular complexity index is 1590. The highest BCUT2D eigenvalue weighted by molar-refractivity contribution is 7.16. The topological polar surface area (TPSA) is 137 Å². The number of rotatable bonds is 8. The van der Waals surface area contributed by atoms with Gasteiger partial charge in [-0.15, -0.1) is 22.7 Å². The molecule has 268 valence electrons. The van der Waals surface area contributed by atoms with E-state index in [0.717, 1.165) is 78.1 Å². The average Bonchev–Trinajstić information content (AvgIpc) is 3.92. The van der Waals surface area contributed by atoms with Crippen LogP contribution in [0.5, 0.6) is 0 Å². The van der Waals surface area contributed by atoms with Gasteiger partial charge in [0.25, 0.3) is 0 Å². The zero-order valence-corrected chi connectivity index (χ0v) is 32.1. The van der Waals surface area contributed by atoms with Crippen molar-refractivity contribution in [3.8, 4) is 0 Å². The third-order valence-electron chi connectivity index (χ3n) is 8.06. The lowest BCUT2D eigenvalue weighted by atomic mass is 9.94. The van der Waals surface area contributed by atoms with E-state index in [0.29, 0.717) is 11.8 Å². The van der Waals surface area contributed by atoms with Gasteiger partial charge < -0.3 is 30.7 Å². The monoisotopic (exact) mass is 770 g/mol. The first-order valence-corrected chi connectivity index (χ1v) is 18.9. The highest BCUT2D eigenvalue weighted by atomic mass is 35.5. The van der Waals surface area contributed by atoms with Crippen molar-refractivity contribution in [2.24, 2.45) is 0 Å². The molecule has 0 aromatic carbocycles. The molecule has 49 heavy (non-hydrogen) atoms. The van der Waals surface area contributed by atoms with E-state index < -0.39 is 5.37 Å². The Morgan fingerprint density at radius 2 is 1.24 bits per heavy atom. The summed E-state index contributed by atoms with van der Waals surface area (Å²) in [5, 5.41) is 24.5. The molecule has 2 aliphatic heterocycles. The summed E-state index contributed by atoms with van der Waals surface area (Å²) in [6.45, 7) is 5.26. The number of carbonyl (C=O) groups is 2. The van der Waals surface area contributed by atoms with E-state index in [1.165, 1.54) is 33.2 Å². The Morgan fingerprint density at radius 1 is 0.796 bits per heavy atom. The summed E-state index contributed by atoms with van der Waals surface area (Å²) in [5.74, 6) is 2.80. The molecule has 4 aromatic rings. The molecule has 2 fully saturated rings. The first-order chi connectivity index (χ1) is 23.5. The molecule has 0 unspecified atom stereocenters. The number of aromatic nitrogens is 4. The van der Waals surface area contributed by atoms with Gasteiger partial charge in [-0.05, 0) is 74.6 Å².